The summed E-state index contributed by atoms with van der Waals surface area (Å²) in [5.74, 6) is -0.613. The van der Waals surface area contributed by atoms with Gasteiger partial charge < -0.3 is 26.4 Å². The fraction of sp³-hybridized carbons (Fsp3) is 0.300. The quantitative estimate of drug-likeness (QED) is 0.579. The minimum absolute atomic E-state index is 0.0721. The minimum Gasteiger partial charge on any atom is -0.392 e. The smallest absolute Gasteiger partial charge is 0.241 e. The number of aliphatic hydroxyl groups is 1. The Morgan fingerprint density at radius 2 is 1.96 bits per heavy atom. The number of rotatable bonds is 7. The zero-order chi connectivity index (χ0) is 19.2. The number of carbonyl (C=O) groups is 2. The second-order valence-electron chi connectivity index (χ2n) is 6.70. The van der Waals surface area contributed by atoms with Crippen LogP contribution in [-0.4, -0.2) is 42.2 Å². The lowest BCUT2D eigenvalue weighted by Gasteiger charge is -2.24. The summed E-state index contributed by atoms with van der Waals surface area (Å²) in [6.07, 6.45) is -0.100. The molecule has 142 valence electrons. The van der Waals surface area contributed by atoms with Crippen molar-refractivity contribution in [3.05, 3.63) is 60.2 Å². The molecule has 1 heterocycles. The highest BCUT2D eigenvalue weighted by atomic mass is 16.3. The second kappa shape index (κ2) is 8.66. The van der Waals surface area contributed by atoms with E-state index in [2.05, 4.69) is 10.6 Å². The summed E-state index contributed by atoms with van der Waals surface area (Å²) in [4.78, 5) is 25.7. The van der Waals surface area contributed by atoms with Gasteiger partial charge in [0.05, 0.1) is 18.7 Å². The van der Waals surface area contributed by atoms with E-state index in [0.29, 0.717) is 25.2 Å². The molecule has 2 amide bonds. The number of aliphatic hydroxyl groups excluding tert-OH is 1. The summed E-state index contributed by atoms with van der Waals surface area (Å²) < 4.78 is 0. The third-order valence-corrected chi connectivity index (χ3v) is 4.47. The summed E-state index contributed by atoms with van der Waals surface area (Å²) in [5.41, 5.74) is 7.88. The maximum absolute atomic E-state index is 12.3. The average Bonchev–Trinajstić information content (AvgIpc) is 3.08. The summed E-state index contributed by atoms with van der Waals surface area (Å²) in [6, 6.07) is 16.7. The molecule has 7 nitrogen and oxygen atoms in total. The van der Waals surface area contributed by atoms with Crippen LogP contribution in [0.25, 0.3) is 0 Å². The Morgan fingerprint density at radius 1 is 1.19 bits per heavy atom. The number of benzene rings is 2. The molecule has 0 aromatic heterocycles. The molecule has 0 saturated carbocycles. The lowest BCUT2D eigenvalue weighted by atomic mass is 10.1. The summed E-state index contributed by atoms with van der Waals surface area (Å²) in [7, 11) is 0. The van der Waals surface area contributed by atoms with Crippen LogP contribution in [0, 0.1) is 0 Å². The molecule has 0 spiro atoms. The highest BCUT2D eigenvalue weighted by Crippen LogP contribution is 2.22. The molecule has 1 fully saturated rings. The largest absolute Gasteiger partial charge is 0.392 e. The Morgan fingerprint density at radius 3 is 2.63 bits per heavy atom. The third kappa shape index (κ3) is 5.29. The van der Waals surface area contributed by atoms with Gasteiger partial charge in [-0.3, -0.25) is 9.59 Å². The van der Waals surface area contributed by atoms with Crippen LogP contribution in [-0.2, 0) is 16.1 Å². The normalized spacial score (nSPS) is 18.9. The van der Waals surface area contributed by atoms with Gasteiger partial charge in [0.2, 0.25) is 11.8 Å². The van der Waals surface area contributed by atoms with E-state index < -0.39 is 18.1 Å². The van der Waals surface area contributed by atoms with Crippen molar-refractivity contribution in [1.82, 2.24) is 5.32 Å². The molecule has 27 heavy (non-hydrogen) atoms. The maximum atomic E-state index is 12.3. The first-order chi connectivity index (χ1) is 13.0. The van der Waals surface area contributed by atoms with Crippen LogP contribution in [0.5, 0.6) is 0 Å². The molecule has 0 bridgehead atoms. The van der Waals surface area contributed by atoms with Gasteiger partial charge in [-0.15, -0.1) is 0 Å². The van der Waals surface area contributed by atoms with Gasteiger partial charge in [-0.2, -0.15) is 0 Å². The lowest BCUT2D eigenvalue weighted by molar-refractivity contribution is -0.118. The molecule has 2 unspecified atom stereocenters. The Bertz CT molecular complexity index is 797. The van der Waals surface area contributed by atoms with E-state index in [1.54, 1.807) is 6.07 Å². The van der Waals surface area contributed by atoms with E-state index >= 15 is 0 Å². The Labute approximate surface area is 158 Å². The molecule has 0 radical (unpaired) electrons. The number of carbonyl (C=O) groups excluding carboxylic acids is 2. The number of nitrogens with zero attached hydrogens (tertiary/aromatic N) is 1. The predicted molar refractivity (Wildman–Crippen MR) is 104 cm³/mol. The van der Waals surface area contributed by atoms with Crippen molar-refractivity contribution >= 4 is 23.2 Å². The maximum Gasteiger partial charge on any atom is 0.241 e. The summed E-state index contributed by atoms with van der Waals surface area (Å²) >= 11 is 0. The van der Waals surface area contributed by atoms with E-state index in [-0.39, 0.29) is 12.5 Å². The first kappa shape index (κ1) is 18.9. The fourth-order valence-electron chi connectivity index (χ4n) is 3.16. The van der Waals surface area contributed by atoms with Crippen molar-refractivity contribution in [2.24, 2.45) is 5.73 Å². The third-order valence-electron chi connectivity index (χ3n) is 4.47. The predicted octanol–water partition coefficient (Wildman–Crippen LogP) is 0.840. The number of amides is 2. The van der Waals surface area contributed by atoms with Crippen LogP contribution in [0.2, 0.25) is 0 Å². The van der Waals surface area contributed by atoms with Crippen LogP contribution in [0.3, 0.4) is 0 Å². The van der Waals surface area contributed by atoms with Crippen LogP contribution < -0.4 is 21.3 Å². The van der Waals surface area contributed by atoms with Crippen LogP contribution in [0.1, 0.15) is 12.0 Å². The zero-order valence-electron chi connectivity index (χ0n) is 15.0. The number of primary amides is 1. The van der Waals surface area contributed by atoms with Gasteiger partial charge in [0.15, 0.2) is 0 Å². The number of nitrogens with two attached hydrogens (primary N) is 1. The molecular weight excluding hydrogens is 344 g/mol. The summed E-state index contributed by atoms with van der Waals surface area (Å²) in [6.45, 7) is 1.02. The van der Waals surface area contributed by atoms with Crippen molar-refractivity contribution in [1.29, 1.82) is 0 Å². The minimum atomic E-state index is -0.496. The number of anilines is 2. The van der Waals surface area contributed by atoms with E-state index in [1.807, 2.05) is 53.4 Å². The molecule has 0 aliphatic carbocycles. The molecule has 1 aliphatic rings. The molecule has 7 heteroatoms. The van der Waals surface area contributed by atoms with Crippen LogP contribution in [0.15, 0.2) is 54.6 Å². The van der Waals surface area contributed by atoms with Crippen molar-refractivity contribution < 1.29 is 14.7 Å². The zero-order valence-corrected chi connectivity index (χ0v) is 15.0. The van der Waals surface area contributed by atoms with Crippen molar-refractivity contribution in [3.63, 3.8) is 0 Å². The standard InChI is InChI=1S/C20H24N4O3/c21-19(26)13-24(12-14-5-2-1-3-6-14)16-8-4-7-15(9-16)23-20(27)18-10-17(25)11-22-18/h1-9,17-18,22,25H,10-13H2,(H2,21,26)(H,23,27). The highest BCUT2D eigenvalue weighted by Gasteiger charge is 2.28. The van der Waals surface area contributed by atoms with Crippen molar-refractivity contribution in [3.8, 4) is 0 Å². The first-order valence-electron chi connectivity index (χ1n) is 8.91. The van der Waals surface area contributed by atoms with Gasteiger partial charge in [0.1, 0.15) is 0 Å². The Kier molecular flexibility index (Phi) is 6.05. The number of β-amino-alcohol motifs (C(OH)–C–C–N with tert-alkyl or cyclic N) is 1. The topological polar surface area (TPSA) is 108 Å². The van der Waals surface area contributed by atoms with Crippen molar-refractivity contribution in [2.45, 2.75) is 25.1 Å². The molecule has 2 aromatic carbocycles. The van der Waals surface area contributed by atoms with Gasteiger partial charge in [-0.25, -0.2) is 0 Å². The average molecular weight is 368 g/mol. The molecule has 2 atom stereocenters. The van der Waals surface area contributed by atoms with E-state index in [1.165, 1.54) is 0 Å². The van der Waals surface area contributed by atoms with Gasteiger partial charge in [0, 0.05) is 24.5 Å². The monoisotopic (exact) mass is 368 g/mol. The first-order valence-corrected chi connectivity index (χ1v) is 8.91. The molecule has 1 aliphatic heterocycles. The molecule has 1 saturated heterocycles. The van der Waals surface area contributed by atoms with E-state index in [0.717, 1.165) is 11.3 Å². The molecule has 2 aromatic rings. The molecule has 5 N–H and O–H groups in total. The SMILES string of the molecule is NC(=O)CN(Cc1ccccc1)c1cccc(NC(=O)C2CC(O)CN2)c1. The highest BCUT2D eigenvalue weighted by molar-refractivity contribution is 5.95. The second-order valence-corrected chi connectivity index (χ2v) is 6.70. The number of nitrogens with one attached hydrogen (secondary N) is 2. The molecule has 3 rings (SSSR count). The Hall–Kier alpha value is -2.90. The van der Waals surface area contributed by atoms with Gasteiger partial charge >= 0.3 is 0 Å². The van der Waals surface area contributed by atoms with Crippen molar-refractivity contribution in [2.75, 3.05) is 23.3 Å². The van der Waals surface area contributed by atoms with Gasteiger partial charge in [0.25, 0.3) is 0 Å². The van der Waals surface area contributed by atoms with Gasteiger partial charge in [-0.1, -0.05) is 36.4 Å². The number of hydrogen-bond acceptors (Lipinski definition) is 5. The van der Waals surface area contributed by atoms with E-state index in [9.17, 15) is 14.7 Å². The summed E-state index contributed by atoms with van der Waals surface area (Å²) in [5, 5.41) is 15.4. The fourth-order valence-corrected chi connectivity index (χ4v) is 3.16. The molecular formula is C20H24N4O3. The van der Waals surface area contributed by atoms with E-state index in [4.69, 9.17) is 5.73 Å². The number of hydrogen-bond donors (Lipinski definition) is 4. The van der Waals surface area contributed by atoms with Crippen LogP contribution in [0.4, 0.5) is 11.4 Å². The van der Waals surface area contributed by atoms with Crippen LogP contribution >= 0.6 is 0 Å². The lowest BCUT2D eigenvalue weighted by Crippen LogP contribution is -2.35. The van der Waals surface area contributed by atoms with Gasteiger partial charge in [-0.05, 0) is 30.2 Å². The Balaban J connectivity index is 1.74.